The summed E-state index contributed by atoms with van der Waals surface area (Å²) in [6.07, 6.45) is 3.02. The number of amides is 1. The van der Waals surface area contributed by atoms with Gasteiger partial charge in [0.25, 0.3) is 0 Å². The van der Waals surface area contributed by atoms with Gasteiger partial charge in [0.05, 0.1) is 23.3 Å². The molecule has 2 aromatic carbocycles. The Morgan fingerprint density at radius 1 is 0.967 bits per heavy atom. The van der Waals surface area contributed by atoms with E-state index in [-0.39, 0.29) is 84.5 Å². The molecule has 326 valence electrons. The third-order valence-electron chi connectivity index (χ3n) is 12.3. The number of anilines is 1. The van der Waals surface area contributed by atoms with Crippen molar-refractivity contribution in [1.82, 2.24) is 24.8 Å². The number of ether oxygens (including phenoxy) is 5. The van der Waals surface area contributed by atoms with Crippen molar-refractivity contribution in [2.75, 3.05) is 71.8 Å². The maximum atomic E-state index is 17.6. The number of terminal acetylenes is 1. The predicted octanol–water partition coefficient (Wildman–Crippen LogP) is 7.66. The normalized spacial score (nSPS) is 19.9. The van der Waals surface area contributed by atoms with E-state index in [9.17, 15) is 18.0 Å². The van der Waals surface area contributed by atoms with Gasteiger partial charge in [-0.2, -0.15) is 23.1 Å². The van der Waals surface area contributed by atoms with Gasteiger partial charge in [0.15, 0.2) is 18.2 Å². The molecule has 1 atom stereocenters. The molecule has 3 fully saturated rings. The monoisotopic (exact) mass is 852 g/mol. The van der Waals surface area contributed by atoms with E-state index in [0.717, 1.165) is 20.0 Å². The van der Waals surface area contributed by atoms with Crippen LogP contribution >= 0.6 is 0 Å². The van der Waals surface area contributed by atoms with Crippen LogP contribution in [0.2, 0.25) is 0 Å². The number of carbonyl (C=O) groups excluding carboxylic acids is 1. The number of piperazine rings is 1. The van der Waals surface area contributed by atoms with E-state index in [4.69, 9.17) is 45.1 Å². The molecule has 17 heteroatoms. The molecule has 61 heavy (non-hydrogen) atoms. The number of rotatable bonds is 10. The Morgan fingerprint density at radius 3 is 2.38 bits per heavy atom. The summed E-state index contributed by atoms with van der Waals surface area (Å²) in [5, 5.41) is 1.15. The highest BCUT2D eigenvalue weighted by Gasteiger charge is 2.57. The lowest BCUT2D eigenvalue weighted by Crippen LogP contribution is -2.55. The Hall–Kier alpha value is -5.05. The van der Waals surface area contributed by atoms with Gasteiger partial charge in [-0.3, -0.25) is 0 Å². The molecule has 2 aromatic heterocycles. The maximum Gasteiger partial charge on any atom is 0.417 e. The third kappa shape index (κ3) is 8.21. The Labute approximate surface area is 350 Å². The number of hydrogen-bond donors (Lipinski definition) is 0. The minimum Gasteiger partial charge on any atom is -0.468 e. The summed E-state index contributed by atoms with van der Waals surface area (Å²) in [4.78, 5) is 33.5. The molecule has 0 spiro atoms. The maximum absolute atomic E-state index is 17.6. The minimum absolute atomic E-state index is 0.0609. The first-order chi connectivity index (χ1) is 29.0. The van der Waals surface area contributed by atoms with Gasteiger partial charge >= 0.3 is 18.3 Å². The molecule has 2 saturated heterocycles. The topological polar surface area (TPSA) is 112 Å². The summed E-state index contributed by atoms with van der Waals surface area (Å²) < 4.78 is 103. The van der Waals surface area contributed by atoms with Crippen LogP contribution in [0.25, 0.3) is 32.9 Å². The molecular weight excluding hydrogens is 804 g/mol. The second-order valence-electron chi connectivity index (χ2n) is 17.5. The number of pyridine rings is 1. The molecule has 5 heterocycles. The summed E-state index contributed by atoms with van der Waals surface area (Å²) in [6.45, 7) is 7.38. The summed E-state index contributed by atoms with van der Waals surface area (Å²) in [5.74, 6) is 1.68. The predicted molar refractivity (Wildman–Crippen MR) is 217 cm³/mol. The van der Waals surface area contributed by atoms with E-state index in [0.29, 0.717) is 67.1 Å². The van der Waals surface area contributed by atoms with Crippen molar-refractivity contribution in [3.05, 3.63) is 47.2 Å². The summed E-state index contributed by atoms with van der Waals surface area (Å²) in [5.41, 5.74) is -2.79. The summed E-state index contributed by atoms with van der Waals surface area (Å²) in [7, 11) is 2.57. The molecule has 0 radical (unpaired) electrons. The van der Waals surface area contributed by atoms with Crippen molar-refractivity contribution in [3.8, 4) is 35.4 Å². The molecule has 4 aliphatic rings. The van der Waals surface area contributed by atoms with E-state index >= 15 is 8.78 Å². The third-order valence-corrected chi connectivity index (χ3v) is 12.3. The van der Waals surface area contributed by atoms with Crippen molar-refractivity contribution in [1.29, 1.82) is 0 Å². The molecule has 0 N–H and O–H groups in total. The molecule has 3 aliphatic heterocycles. The van der Waals surface area contributed by atoms with E-state index < -0.39 is 35.1 Å². The van der Waals surface area contributed by atoms with E-state index in [2.05, 4.69) is 5.92 Å². The number of hydrogen-bond acceptors (Lipinski definition) is 11. The minimum atomic E-state index is -4.47. The molecule has 1 aliphatic carbocycles. The molecule has 12 nitrogen and oxygen atoms in total. The number of nitrogens with zero attached hydrogens (tertiary/aromatic N) is 6. The lowest BCUT2D eigenvalue weighted by molar-refractivity contribution is -0.282. The highest BCUT2D eigenvalue weighted by molar-refractivity contribution is 6.03. The van der Waals surface area contributed by atoms with Crippen LogP contribution in [-0.4, -0.2) is 121 Å². The Balaban J connectivity index is 1.18. The van der Waals surface area contributed by atoms with Crippen LogP contribution < -0.4 is 14.4 Å². The van der Waals surface area contributed by atoms with Crippen LogP contribution in [0.5, 0.6) is 11.8 Å². The van der Waals surface area contributed by atoms with Gasteiger partial charge in [0.2, 0.25) is 0 Å². The van der Waals surface area contributed by atoms with Crippen molar-refractivity contribution in [3.63, 3.8) is 0 Å². The fourth-order valence-electron chi connectivity index (χ4n) is 8.86. The zero-order chi connectivity index (χ0) is 43.5. The second kappa shape index (κ2) is 16.0. The van der Waals surface area contributed by atoms with Crippen molar-refractivity contribution in [2.24, 2.45) is 5.41 Å². The van der Waals surface area contributed by atoms with E-state index in [1.54, 1.807) is 17.0 Å². The van der Waals surface area contributed by atoms with Crippen molar-refractivity contribution < 1.29 is 50.4 Å². The lowest BCUT2D eigenvalue weighted by atomic mass is 9.89. The summed E-state index contributed by atoms with van der Waals surface area (Å²) in [6, 6.07) is 5.64. The fourth-order valence-corrected chi connectivity index (χ4v) is 8.86. The molecule has 0 bridgehead atoms. The van der Waals surface area contributed by atoms with Gasteiger partial charge in [-0.05, 0) is 82.9 Å². The Kier molecular flexibility index (Phi) is 11.2. The van der Waals surface area contributed by atoms with Gasteiger partial charge in [-0.15, -0.1) is 6.42 Å². The van der Waals surface area contributed by atoms with Gasteiger partial charge in [0, 0.05) is 75.9 Å². The molecule has 8 rings (SSSR count). The van der Waals surface area contributed by atoms with Crippen LogP contribution in [0, 0.1) is 29.4 Å². The van der Waals surface area contributed by atoms with Crippen LogP contribution in [-0.2, 0) is 20.6 Å². The first-order valence-corrected chi connectivity index (χ1v) is 20.4. The average molecular weight is 853 g/mol. The largest absolute Gasteiger partial charge is 0.468 e. The highest BCUT2D eigenvalue weighted by atomic mass is 19.4. The first kappa shape index (κ1) is 42.6. The SMILES string of the molecule is C#Cc1c(F)ccc2cc(OCOC)cc(-c3nc4c5c(nc(OCC6(CN7CCC(OC)(C(F)(F)F)CC7)CC6)nc5c3F)N3CCN(C(=O)OC(C)(C)C)CC3CC4)c12. The Bertz CT molecular complexity index is 2390. The first-order valence-electron chi connectivity index (χ1n) is 20.4. The smallest absolute Gasteiger partial charge is 0.417 e. The van der Waals surface area contributed by atoms with Crippen molar-refractivity contribution >= 4 is 33.6 Å². The number of aryl methyl sites for hydroxylation is 1. The van der Waals surface area contributed by atoms with E-state index in [1.165, 1.54) is 19.2 Å². The quantitative estimate of drug-likeness (QED) is 0.0891. The number of methoxy groups -OCH3 is 2. The molecule has 4 aromatic rings. The average Bonchev–Trinajstić information content (AvgIpc) is 4.01. The highest BCUT2D eigenvalue weighted by Crippen LogP contribution is 2.49. The van der Waals surface area contributed by atoms with Crippen LogP contribution in [0.3, 0.4) is 0 Å². The number of aromatic nitrogens is 3. The summed E-state index contributed by atoms with van der Waals surface area (Å²) >= 11 is 0. The van der Waals surface area contributed by atoms with Gasteiger partial charge in [-0.1, -0.05) is 12.0 Å². The van der Waals surface area contributed by atoms with Crippen molar-refractivity contribution in [2.45, 2.75) is 82.7 Å². The molecule has 1 saturated carbocycles. The van der Waals surface area contributed by atoms with E-state index in [1.807, 2.05) is 30.6 Å². The number of fused-ring (bicyclic) bond motifs is 3. The van der Waals surface area contributed by atoms with Crippen LogP contribution in [0.15, 0.2) is 24.3 Å². The van der Waals surface area contributed by atoms with Crippen LogP contribution in [0.1, 0.15) is 64.1 Å². The Morgan fingerprint density at radius 2 is 1.72 bits per heavy atom. The lowest BCUT2D eigenvalue weighted by Gasteiger charge is -2.42. The molecular formula is C44H49F5N6O6. The standard InChI is InChI=1S/C44H49F5N6O6/c1-7-29-31(45)10-8-26-20-28(60-25-57-5)21-30(33(26)29)36-35(46)37-34-32(50-36)11-9-27-22-54(40(56)61-41(2,3)4)18-19-55(27)38(34)52-39(51-37)59-24-42(12-13-42)23-53-16-14-43(58-6,15-17-53)44(47,48)49/h1,8,10,20-21,27H,9,11-19,22-25H2,2-6H3. The number of carbonyl (C=O) groups is 1. The van der Waals surface area contributed by atoms with Gasteiger partial charge in [-0.25, -0.2) is 18.6 Å². The van der Waals surface area contributed by atoms with Crippen LogP contribution in [0.4, 0.5) is 32.6 Å². The number of benzene rings is 2. The molecule has 1 amide bonds. The zero-order valence-corrected chi connectivity index (χ0v) is 34.9. The second-order valence-corrected chi connectivity index (χ2v) is 17.5. The molecule has 1 unspecified atom stereocenters. The fraction of sp³-hybridized carbons (Fsp3) is 0.545. The number of piperidine rings is 1. The number of halogens is 5. The number of alkyl halides is 3. The zero-order valence-electron chi connectivity index (χ0n) is 34.9. The number of likely N-dealkylation sites (tertiary alicyclic amines) is 1. The van der Waals surface area contributed by atoms with Gasteiger partial charge in [0.1, 0.15) is 34.2 Å². The van der Waals surface area contributed by atoms with Gasteiger partial charge < -0.3 is 38.4 Å².